The van der Waals surface area contributed by atoms with Crippen molar-refractivity contribution in [1.82, 2.24) is 0 Å². The first-order valence-electron chi connectivity index (χ1n) is 4.99. The lowest BCUT2D eigenvalue weighted by atomic mass is 9.81. The summed E-state index contributed by atoms with van der Waals surface area (Å²) in [4.78, 5) is 11.5. The largest absolute Gasteiger partial charge is 0.469 e. The Hall–Kier alpha value is -1.42. The second-order valence-electron chi connectivity index (χ2n) is 4.21. The number of ether oxygens (including phenoxy) is 1. The van der Waals surface area contributed by atoms with E-state index in [2.05, 4.69) is 4.74 Å². The maximum atomic E-state index is 13.5. The van der Waals surface area contributed by atoms with Crippen molar-refractivity contribution >= 4 is 5.97 Å². The summed E-state index contributed by atoms with van der Waals surface area (Å²) in [6.07, 6.45) is 0. The molecule has 0 amide bonds. The average Bonchev–Trinajstić information content (AvgIpc) is 2.27. The highest BCUT2D eigenvalue weighted by Gasteiger charge is 2.37. The minimum Gasteiger partial charge on any atom is -0.469 e. The molecule has 0 aromatic heterocycles. The van der Waals surface area contributed by atoms with E-state index < -0.39 is 23.2 Å². The first-order chi connectivity index (χ1) is 7.41. The maximum absolute atomic E-state index is 13.5. The first-order valence-corrected chi connectivity index (χ1v) is 4.99. The van der Waals surface area contributed by atoms with Crippen LogP contribution in [0.1, 0.15) is 25.5 Å². The maximum Gasteiger partial charge on any atom is 0.313 e. The topological polar surface area (TPSA) is 52.3 Å². The molecular weight excluding hydrogens is 209 g/mol. The predicted molar refractivity (Wildman–Crippen MR) is 59.1 cm³/mol. The van der Waals surface area contributed by atoms with E-state index in [0.717, 1.165) is 0 Å². The number of methoxy groups -OCH3 is 1. The van der Waals surface area contributed by atoms with Gasteiger partial charge in [0, 0.05) is 11.6 Å². The molecule has 1 aromatic carbocycles. The van der Waals surface area contributed by atoms with Crippen LogP contribution in [-0.4, -0.2) is 13.1 Å². The van der Waals surface area contributed by atoms with Gasteiger partial charge in [0.2, 0.25) is 0 Å². The standard InChI is InChI=1S/C12H16FNO2/c1-12(2,11(15)16-3)10(14)8-6-4-5-7-9(8)13/h4-7,10H,14H2,1-3H3/t10-/m1/s1. The molecule has 3 nitrogen and oxygen atoms in total. The highest BCUT2D eigenvalue weighted by Crippen LogP contribution is 2.33. The minimum absolute atomic E-state index is 0.318. The summed E-state index contributed by atoms with van der Waals surface area (Å²) in [6, 6.07) is 5.43. The van der Waals surface area contributed by atoms with Crippen molar-refractivity contribution in [2.45, 2.75) is 19.9 Å². The van der Waals surface area contributed by atoms with Crippen LogP contribution in [0.3, 0.4) is 0 Å². The molecule has 2 N–H and O–H groups in total. The van der Waals surface area contributed by atoms with Gasteiger partial charge < -0.3 is 10.5 Å². The molecule has 0 saturated carbocycles. The number of esters is 1. The summed E-state index contributed by atoms with van der Waals surface area (Å²) in [5.41, 5.74) is 5.27. The van der Waals surface area contributed by atoms with Crippen LogP contribution >= 0.6 is 0 Å². The number of nitrogens with two attached hydrogens (primary N) is 1. The molecule has 0 fully saturated rings. The van der Waals surface area contributed by atoms with E-state index in [1.807, 2.05) is 0 Å². The molecule has 1 atom stereocenters. The fourth-order valence-corrected chi connectivity index (χ4v) is 1.51. The first kappa shape index (κ1) is 12.6. The molecule has 0 bridgehead atoms. The highest BCUT2D eigenvalue weighted by molar-refractivity contribution is 5.77. The number of halogens is 1. The third-order valence-corrected chi connectivity index (χ3v) is 2.73. The van der Waals surface area contributed by atoms with Crippen LogP contribution in [0.2, 0.25) is 0 Å². The van der Waals surface area contributed by atoms with Gasteiger partial charge in [-0.2, -0.15) is 0 Å². The van der Waals surface area contributed by atoms with Crippen LogP contribution in [0.4, 0.5) is 4.39 Å². The van der Waals surface area contributed by atoms with Gasteiger partial charge in [0.1, 0.15) is 5.82 Å². The minimum atomic E-state index is -0.961. The van der Waals surface area contributed by atoms with Gasteiger partial charge in [0.15, 0.2) is 0 Å². The van der Waals surface area contributed by atoms with E-state index in [1.54, 1.807) is 32.0 Å². The molecule has 16 heavy (non-hydrogen) atoms. The number of carbonyl (C=O) groups excluding carboxylic acids is 1. The Bertz CT molecular complexity index is 390. The molecule has 0 aliphatic heterocycles. The molecule has 0 unspecified atom stereocenters. The molecule has 0 aliphatic carbocycles. The quantitative estimate of drug-likeness (QED) is 0.801. The molecule has 0 radical (unpaired) electrons. The lowest BCUT2D eigenvalue weighted by Crippen LogP contribution is -2.37. The Morgan fingerprint density at radius 1 is 1.44 bits per heavy atom. The van der Waals surface area contributed by atoms with Gasteiger partial charge in [-0.05, 0) is 19.9 Å². The second-order valence-corrected chi connectivity index (χ2v) is 4.21. The predicted octanol–water partition coefficient (Wildman–Crippen LogP) is 2.02. The normalized spacial score (nSPS) is 13.3. The SMILES string of the molecule is COC(=O)C(C)(C)[C@H](N)c1ccccc1F. The van der Waals surface area contributed by atoms with Crippen molar-refractivity contribution in [3.05, 3.63) is 35.6 Å². The summed E-state index contributed by atoms with van der Waals surface area (Å²) in [7, 11) is 1.29. The van der Waals surface area contributed by atoms with E-state index in [1.165, 1.54) is 13.2 Å². The van der Waals surface area contributed by atoms with Crippen LogP contribution in [0.15, 0.2) is 24.3 Å². The Kier molecular flexibility index (Phi) is 3.65. The summed E-state index contributed by atoms with van der Waals surface area (Å²) in [5, 5.41) is 0. The molecule has 0 heterocycles. The lowest BCUT2D eigenvalue weighted by Gasteiger charge is -2.29. The summed E-state index contributed by atoms with van der Waals surface area (Å²) in [6.45, 7) is 3.27. The van der Waals surface area contributed by atoms with Crippen molar-refractivity contribution in [2.75, 3.05) is 7.11 Å². The Balaban J connectivity index is 3.07. The highest BCUT2D eigenvalue weighted by atomic mass is 19.1. The van der Waals surface area contributed by atoms with Gasteiger partial charge >= 0.3 is 5.97 Å². The van der Waals surface area contributed by atoms with Gasteiger partial charge in [-0.3, -0.25) is 4.79 Å². The molecule has 88 valence electrons. The molecule has 0 aliphatic rings. The fraction of sp³-hybridized carbons (Fsp3) is 0.417. The number of carbonyl (C=O) groups is 1. The number of hydrogen-bond acceptors (Lipinski definition) is 3. The van der Waals surface area contributed by atoms with Gasteiger partial charge in [-0.1, -0.05) is 18.2 Å². The molecule has 1 rings (SSSR count). The van der Waals surface area contributed by atoms with Crippen LogP contribution in [0.5, 0.6) is 0 Å². The molecule has 1 aromatic rings. The summed E-state index contributed by atoms with van der Waals surface area (Å²) < 4.78 is 18.2. The third-order valence-electron chi connectivity index (χ3n) is 2.73. The molecular formula is C12H16FNO2. The molecule has 0 saturated heterocycles. The van der Waals surface area contributed by atoms with Crippen molar-refractivity contribution in [2.24, 2.45) is 11.1 Å². The van der Waals surface area contributed by atoms with E-state index in [9.17, 15) is 9.18 Å². The summed E-state index contributed by atoms with van der Waals surface area (Å²) >= 11 is 0. The molecule has 0 spiro atoms. The van der Waals surface area contributed by atoms with Gasteiger partial charge in [-0.15, -0.1) is 0 Å². The zero-order valence-corrected chi connectivity index (χ0v) is 9.66. The van der Waals surface area contributed by atoms with Crippen molar-refractivity contribution in [3.63, 3.8) is 0 Å². The Morgan fingerprint density at radius 2 is 2.00 bits per heavy atom. The monoisotopic (exact) mass is 225 g/mol. The van der Waals surface area contributed by atoms with Gasteiger partial charge in [-0.25, -0.2) is 4.39 Å². The number of benzene rings is 1. The average molecular weight is 225 g/mol. The van der Waals surface area contributed by atoms with Crippen LogP contribution in [0, 0.1) is 11.2 Å². The Morgan fingerprint density at radius 3 is 2.50 bits per heavy atom. The van der Waals surface area contributed by atoms with E-state index in [4.69, 9.17) is 5.73 Å². The van der Waals surface area contributed by atoms with E-state index in [-0.39, 0.29) is 0 Å². The molecule has 4 heteroatoms. The zero-order chi connectivity index (χ0) is 12.3. The number of hydrogen-bond donors (Lipinski definition) is 1. The van der Waals surface area contributed by atoms with Gasteiger partial charge in [0.25, 0.3) is 0 Å². The number of rotatable bonds is 3. The van der Waals surface area contributed by atoms with E-state index in [0.29, 0.717) is 5.56 Å². The fourth-order valence-electron chi connectivity index (χ4n) is 1.51. The van der Waals surface area contributed by atoms with Crippen molar-refractivity contribution in [3.8, 4) is 0 Å². The van der Waals surface area contributed by atoms with Crippen LogP contribution in [-0.2, 0) is 9.53 Å². The third kappa shape index (κ3) is 2.22. The lowest BCUT2D eigenvalue weighted by molar-refractivity contribution is -0.152. The summed E-state index contributed by atoms with van der Waals surface area (Å²) in [5.74, 6) is -0.866. The smallest absolute Gasteiger partial charge is 0.313 e. The van der Waals surface area contributed by atoms with Crippen molar-refractivity contribution in [1.29, 1.82) is 0 Å². The van der Waals surface area contributed by atoms with Crippen molar-refractivity contribution < 1.29 is 13.9 Å². The van der Waals surface area contributed by atoms with Crippen LogP contribution < -0.4 is 5.73 Å². The Labute approximate surface area is 94.4 Å². The second kappa shape index (κ2) is 4.61. The zero-order valence-electron chi connectivity index (χ0n) is 9.66. The van der Waals surface area contributed by atoms with Crippen LogP contribution in [0.25, 0.3) is 0 Å². The van der Waals surface area contributed by atoms with E-state index >= 15 is 0 Å². The van der Waals surface area contributed by atoms with Gasteiger partial charge in [0.05, 0.1) is 12.5 Å².